The molecule has 4 heterocycles. The van der Waals surface area contributed by atoms with Gasteiger partial charge in [0.25, 0.3) is 0 Å². The largest absolute Gasteiger partial charge is 0.395 e. The maximum Gasteiger partial charge on any atom is 0.178 e. The van der Waals surface area contributed by atoms with E-state index in [4.69, 9.17) is 4.98 Å². The Balaban J connectivity index is 1.65. The zero-order chi connectivity index (χ0) is 22.1. The van der Waals surface area contributed by atoms with Crippen LogP contribution in [0.25, 0.3) is 28.2 Å². The maximum absolute atomic E-state index is 14.1. The normalized spacial score (nSPS) is 14.9. The number of β-amino-alcohol motifs (C(OH)–C–C–N with tert-alkyl or cyclic N) is 1. The van der Waals surface area contributed by atoms with Crippen molar-refractivity contribution >= 4 is 11.3 Å². The summed E-state index contributed by atoms with van der Waals surface area (Å²) in [5, 5.41) is 13.7. The number of piperazine rings is 1. The van der Waals surface area contributed by atoms with E-state index in [2.05, 4.69) is 19.9 Å². The van der Waals surface area contributed by atoms with E-state index in [1.807, 2.05) is 18.2 Å². The molecule has 5 rings (SSSR count). The molecule has 4 aromatic rings. The van der Waals surface area contributed by atoms with Crippen molar-refractivity contribution in [3.8, 4) is 22.5 Å². The van der Waals surface area contributed by atoms with Gasteiger partial charge in [-0.2, -0.15) is 5.10 Å². The van der Waals surface area contributed by atoms with Crippen LogP contribution in [0.2, 0.25) is 0 Å². The quantitative estimate of drug-likeness (QED) is 0.519. The second-order valence-corrected chi connectivity index (χ2v) is 7.68. The number of aromatic nitrogens is 4. The third kappa shape index (κ3) is 3.69. The number of aliphatic hydroxyl groups is 1. The molecule has 0 unspecified atom stereocenters. The average Bonchev–Trinajstić information content (AvgIpc) is 3.22. The number of fused-ring (bicyclic) bond motifs is 1. The van der Waals surface area contributed by atoms with Crippen LogP contribution in [0.15, 0.2) is 55.0 Å². The molecule has 164 valence electrons. The number of hydrogen-bond donors (Lipinski definition) is 1. The first-order valence-corrected chi connectivity index (χ1v) is 10.5. The summed E-state index contributed by atoms with van der Waals surface area (Å²) in [6, 6.07) is 9.41. The highest BCUT2D eigenvalue weighted by Crippen LogP contribution is 2.35. The molecular formula is C23H22F2N6O. The lowest BCUT2D eigenvalue weighted by Gasteiger charge is -2.35. The van der Waals surface area contributed by atoms with Gasteiger partial charge < -0.3 is 10.0 Å². The Bertz CT molecular complexity index is 1240. The van der Waals surface area contributed by atoms with E-state index in [0.29, 0.717) is 29.1 Å². The van der Waals surface area contributed by atoms with Gasteiger partial charge in [-0.25, -0.2) is 18.3 Å². The first-order chi connectivity index (χ1) is 15.7. The number of halogens is 2. The lowest BCUT2D eigenvalue weighted by Crippen LogP contribution is -2.47. The highest BCUT2D eigenvalue weighted by atomic mass is 19.2. The van der Waals surface area contributed by atoms with Gasteiger partial charge in [0.05, 0.1) is 24.2 Å². The van der Waals surface area contributed by atoms with Crippen LogP contribution in [-0.4, -0.2) is 68.9 Å². The molecule has 9 heteroatoms. The molecule has 0 amide bonds. The van der Waals surface area contributed by atoms with Gasteiger partial charge in [0.15, 0.2) is 17.3 Å². The number of pyridine rings is 1. The minimum absolute atomic E-state index is 0.145. The molecular weight excluding hydrogens is 414 g/mol. The molecule has 32 heavy (non-hydrogen) atoms. The fourth-order valence-electron chi connectivity index (χ4n) is 4.15. The predicted molar refractivity (Wildman–Crippen MR) is 117 cm³/mol. The van der Waals surface area contributed by atoms with Gasteiger partial charge >= 0.3 is 0 Å². The van der Waals surface area contributed by atoms with Crippen LogP contribution in [-0.2, 0) is 0 Å². The van der Waals surface area contributed by atoms with Crippen molar-refractivity contribution in [2.75, 3.05) is 44.2 Å². The van der Waals surface area contributed by atoms with Crippen LogP contribution < -0.4 is 4.90 Å². The summed E-state index contributed by atoms with van der Waals surface area (Å²) < 4.78 is 29.4. The van der Waals surface area contributed by atoms with Gasteiger partial charge in [0.2, 0.25) is 0 Å². The van der Waals surface area contributed by atoms with Crippen molar-refractivity contribution < 1.29 is 13.9 Å². The minimum Gasteiger partial charge on any atom is -0.395 e. The van der Waals surface area contributed by atoms with Crippen molar-refractivity contribution in [2.24, 2.45) is 0 Å². The van der Waals surface area contributed by atoms with Crippen LogP contribution in [0.3, 0.4) is 0 Å². The second-order valence-electron chi connectivity index (χ2n) is 7.68. The molecule has 0 saturated carbocycles. The Morgan fingerprint density at radius 2 is 1.66 bits per heavy atom. The molecule has 1 N–H and O–H groups in total. The van der Waals surface area contributed by atoms with E-state index in [9.17, 15) is 13.9 Å². The molecule has 0 bridgehead atoms. The Kier molecular flexibility index (Phi) is 5.50. The van der Waals surface area contributed by atoms with E-state index >= 15 is 0 Å². The summed E-state index contributed by atoms with van der Waals surface area (Å²) in [4.78, 5) is 13.4. The number of imidazole rings is 1. The number of anilines is 1. The molecule has 1 aromatic carbocycles. The number of rotatable bonds is 5. The fourth-order valence-corrected chi connectivity index (χ4v) is 4.15. The third-order valence-corrected chi connectivity index (χ3v) is 5.77. The Hall–Kier alpha value is -3.43. The zero-order valence-electron chi connectivity index (χ0n) is 17.3. The molecule has 1 saturated heterocycles. The fraction of sp³-hybridized carbons (Fsp3) is 0.261. The van der Waals surface area contributed by atoms with Crippen molar-refractivity contribution in [1.29, 1.82) is 0 Å². The molecule has 1 aliphatic heterocycles. The van der Waals surface area contributed by atoms with Crippen LogP contribution in [0.1, 0.15) is 0 Å². The topological polar surface area (TPSA) is 69.8 Å². The molecule has 0 aliphatic carbocycles. The highest BCUT2D eigenvalue weighted by Gasteiger charge is 2.24. The zero-order valence-corrected chi connectivity index (χ0v) is 17.3. The highest BCUT2D eigenvalue weighted by molar-refractivity contribution is 5.85. The van der Waals surface area contributed by atoms with Crippen molar-refractivity contribution in [1.82, 2.24) is 24.5 Å². The Morgan fingerprint density at radius 3 is 2.38 bits per heavy atom. The van der Waals surface area contributed by atoms with Crippen molar-refractivity contribution in [3.63, 3.8) is 0 Å². The summed E-state index contributed by atoms with van der Waals surface area (Å²) >= 11 is 0. The minimum atomic E-state index is -0.923. The van der Waals surface area contributed by atoms with E-state index < -0.39 is 11.6 Å². The summed E-state index contributed by atoms with van der Waals surface area (Å²) in [5.74, 6) is -1.82. The first kappa shape index (κ1) is 20.5. The third-order valence-electron chi connectivity index (χ3n) is 5.77. The molecule has 3 aromatic heterocycles. The smallest absolute Gasteiger partial charge is 0.178 e. The standard InChI is InChI=1S/C23H22F2N6O/c24-18-2-1-17(15-19(18)25)21-22(16-3-6-26-7-4-16)31-23(28-21)20(5-8-27-31)30-11-9-29(10-12-30)13-14-32/h1-8,15,32H,9-14H2. The monoisotopic (exact) mass is 436 g/mol. The first-order valence-electron chi connectivity index (χ1n) is 10.5. The van der Waals surface area contributed by atoms with Gasteiger partial charge in [-0.1, -0.05) is 0 Å². The van der Waals surface area contributed by atoms with Crippen LogP contribution in [0, 0.1) is 11.6 Å². The molecule has 1 aliphatic rings. The van der Waals surface area contributed by atoms with Crippen LogP contribution in [0.4, 0.5) is 14.5 Å². The second kappa shape index (κ2) is 8.60. The lowest BCUT2D eigenvalue weighted by atomic mass is 10.1. The molecule has 0 atom stereocenters. The summed E-state index contributed by atoms with van der Waals surface area (Å²) in [6.07, 6.45) is 5.08. The van der Waals surface area contributed by atoms with Crippen molar-refractivity contribution in [2.45, 2.75) is 0 Å². The Labute approximate surface area is 183 Å². The van der Waals surface area contributed by atoms with Crippen LogP contribution in [0.5, 0.6) is 0 Å². The van der Waals surface area contributed by atoms with Crippen molar-refractivity contribution in [3.05, 3.63) is 66.6 Å². The summed E-state index contributed by atoms with van der Waals surface area (Å²) in [7, 11) is 0. The molecule has 1 fully saturated rings. The number of nitrogens with zero attached hydrogens (tertiary/aromatic N) is 6. The predicted octanol–water partition coefficient (Wildman–Crippen LogP) is 2.85. The van der Waals surface area contributed by atoms with E-state index in [1.165, 1.54) is 6.07 Å². The van der Waals surface area contributed by atoms with Crippen LogP contribution >= 0.6 is 0 Å². The van der Waals surface area contributed by atoms with E-state index in [-0.39, 0.29) is 6.61 Å². The molecule has 0 spiro atoms. The lowest BCUT2D eigenvalue weighted by molar-refractivity contribution is 0.189. The Morgan fingerprint density at radius 1 is 0.875 bits per heavy atom. The number of hydrogen-bond acceptors (Lipinski definition) is 6. The van der Waals surface area contributed by atoms with E-state index in [0.717, 1.165) is 49.6 Å². The van der Waals surface area contributed by atoms with Gasteiger partial charge in [0.1, 0.15) is 5.69 Å². The summed E-state index contributed by atoms with van der Waals surface area (Å²) in [5.41, 5.74) is 4.08. The summed E-state index contributed by atoms with van der Waals surface area (Å²) in [6.45, 7) is 4.06. The van der Waals surface area contributed by atoms with Gasteiger partial charge in [-0.05, 0) is 36.4 Å². The number of benzene rings is 1. The van der Waals surface area contributed by atoms with Gasteiger partial charge in [0, 0.05) is 56.2 Å². The maximum atomic E-state index is 14.1. The van der Waals surface area contributed by atoms with E-state index in [1.54, 1.807) is 23.1 Å². The number of aliphatic hydroxyl groups excluding tert-OH is 1. The van der Waals surface area contributed by atoms with Gasteiger partial charge in [-0.3, -0.25) is 9.88 Å². The van der Waals surface area contributed by atoms with Gasteiger partial charge in [-0.15, -0.1) is 0 Å². The SMILES string of the molecule is OCCN1CCN(c2ccnn3c(-c4ccncc4)c(-c4ccc(F)c(F)c4)nc23)CC1. The average molecular weight is 436 g/mol. The molecule has 0 radical (unpaired) electrons. The molecule has 7 nitrogen and oxygen atoms in total.